The molecule has 0 spiro atoms. The molecule has 0 bridgehead atoms. The molecular weight excluding hydrogens is 380 g/mol. The van der Waals surface area contributed by atoms with Crippen molar-refractivity contribution in [3.8, 4) is 0 Å². The SMILES string of the molecule is Cn1c(=O)cc(C(=O)NC[C@@H](c2ccccc2Cl)N2CCCCCC2)[nH]c1=O. The number of nitrogens with zero attached hydrogens (tertiary/aromatic N) is 2. The van der Waals surface area contributed by atoms with Gasteiger partial charge in [0.2, 0.25) is 0 Å². The number of carbonyl (C=O) groups is 1. The van der Waals surface area contributed by atoms with Crippen molar-refractivity contribution in [2.45, 2.75) is 31.7 Å². The van der Waals surface area contributed by atoms with Crippen LogP contribution in [0, 0.1) is 0 Å². The average molecular weight is 405 g/mol. The molecule has 7 nitrogen and oxygen atoms in total. The second kappa shape index (κ2) is 9.21. The Hall–Kier alpha value is -2.38. The van der Waals surface area contributed by atoms with E-state index in [1.54, 1.807) is 0 Å². The zero-order chi connectivity index (χ0) is 20.1. The molecule has 1 aliphatic heterocycles. The highest BCUT2D eigenvalue weighted by Gasteiger charge is 2.24. The largest absolute Gasteiger partial charge is 0.349 e. The van der Waals surface area contributed by atoms with Gasteiger partial charge in [-0.2, -0.15) is 0 Å². The number of H-pyrrole nitrogens is 1. The van der Waals surface area contributed by atoms with Crippen LogP contribution in [0.25, 0.3) is 0 Å². The van der Waals surface area contributed by atoms with Crippen LogP contribution in [-0.2, 0) is 7.05 Å². The maximum absolute atomic E-state index is 12.6. The molecule has 28 heavy (non-hydrogen) atoms. The van der Waals surface area contributed by atoms with Crippen molar-refractivity contribution in [3.63, 3.8) is 0 Å². The number of benzene rings is 1. The van der Waals surface area contributed by atoms with E-state index >= 15 is 0 Å². The summed E-state index contributed by atoms with van der Waals surface area (Å²) in [5.74, 6) is -0.485. The fourth-order valence-electron chi connectivity index (χ4n) is 3.55. The van der Waals surface area contributed by atoms with E-state index in [2.05, 4.69) is 15.2 Å². The molecule has 1 aromatic heterocycles. The molecular formula is C20H25ClN4O3. The first-order valence-corrected chi connectivity index (χ1v) is 9.92. The molecule has 3 rings (SSSR count). The van der Waals surface area contributed by atoms with Crippen LogP contribution >= 0.6 is 11.6 Å². The van der Waals surface area contributed by atoms with Crippen LogP contribution in [0.2, 0.25) is 5.02 Å². The fourth-order valence-corrected chi connectivity index (χ4v) is 3.81. The number of nitrogens with one attached hydrogen (secondary N) is 2. The van der Waals surface area contributed by atoms with E-state index in [1.165, 1.54) is 19.9 Å². The monoisotopic (exact) mass is 404 g/mol. The number of amides is 1. The Morgan fingerprint density at radius 1 is 1.18 bits per heavy atom. The molecule has 0 aliphatic carbocycles. The molecule has 0 radical (unpaired) electrons. The Kier molecular flexibility index (Phi) is 6.70. The number of aromatic amines is 1. The molecule has 1 aromatic carbocycles. The number of halogens is 1. The minimum absolute atomic E-state index is 0.0399. The van der Waals surface area contributed by atoms with Gasteiger partial charge in [-0.25, -0.2) is 4.79 Å². The Bertz CT molecular complexity index is 914. The smallest absolute Gasteiger partial charge is 0.328 e. The lowest BCUT2D eigenvalue weighted by Crippen LogP contribution is -2.41. The molecule has 0 unspecified atom stereocenters. The van der Waals surface area contributed by atoms with E-state index in [9.17, 15) is 14.4 Å². The van der Waals surface area contributed by atoms with E-state index in [1.807, 2.05) is 24.3 Å². The van der Waals surface area contributed by atoms with Crippen molar-refractivity contribution in [1.29, 1.82) is 0 Å². The highest BCUT2D eigenvalue weighted by atomic mass is 35.5. The van der Waals surface area contributed by atoms with Crippen molar-refractivity contribution in [1.82, 2.24) is 19.8 Å². The summed E-state index contributed by atoms with van der Waals surface area (Å²) in [7, 11) is 1.36. The van der Waals surface area contributed by atoms with E-state index < -0.39 is 17.2 Å². The Morgan fingerprint density at radius 3 is 2.50 bits per heavy atom. The van der Waals surface area contributed by atoms with Gasteiger partial charge in [0.1, 0.15) is 5.69 Å². The highest BCUT2D eigenvalue weighted by Crippen LogP contribution is 2.29. The molecule has 2 aromatic rings. The summed E-state index contributed by atoms with van der Waals surface area (Å²) >= 11 is 6.44. The van der Waals surface area contributed by atoms with Gasteiger partial charge in [-0.15, -0.1) is 0 Å². The standard InChI is InChI=1S/C20H25ClN4O3/c1-24-18(26)12-16(23-20(24)28)19(27)22-13-17(14-8-4-5-9-15(14)21)25-10-6-2-3-7-11-25/h4-5,8-9,12,17H,2-3,6-7,10-11,13H2,1H3,(H,22,27)(H,23,28)/t17-/m0/s1. The van der Waals surface area contributed by atoms with E-state index in [0.717, 1.165) is 42.1 Å². The molecule has 1 amide bonds. The van der Waals surface area contributed by atoms with Crippen molar-refractivity contribution >= 4 is 17.5 Å². The van der Waals surface area contributed by atoms with Gasteiger partial charge in [0.25, 0.3) is 11.5 Å². The summed E-state index contributed by atoms with van der Waals surface area (Å²) in [6.07, 6.45) is 4.62. The molecule has 8 heteroatoms. The lowest BCUT2D eigenvalue weighted by molar-refractivity contribution is 0.0927. The lowest BCUT2D eigenvalue weighted by Gasteiger charge is -2.31. The Morgan fingerprint density at radius 2 is 1.86 bits per heavy atom. The van der Waals surface area contributed by atoms with Crippen LogP contribution in [0.4, 0.5) is 0 Å². The van der Waals surface area contributed by atoms with Crippen LogP contribution in [-0.4, -0.2) is 40.0 Å². The third-order valence-electron chi connectivity index (χ3n) is 5.19. The number of hydrogen-bond acceptors (Lipinski definition) is 4. The van der Waals surface area contributed by atoms with Crippen molar-refractivity contribution in [2.75, 3.05) is 19.6 Å². The molecule has 150 valence electrons. The molecule has 1 aliphatic rings. The summed E-state index contributed by atoms with van der Waals surface area (Å²) < 4.78 is 0.917. The summed E-state index contributed by atoms with van der Waals surface area (Å²) in [6, 6.07) is 8.70. The van der Waals surface area contributed by atoms with E-state index in [-0.39, 0.29) is 11.7 Å². The molecule has 0 saturated carbocycles. The lowest BCUT2D eigenvalue weighted by atomic mass is 10.0. The van der Waals surface area contributed by atoms with Crippen LogP contribution < -0.4 is 16.6 Å². The zero-order valence-electron chi connectivity index (χ0n) is 15.9. The fraction of sp³-hybridized carbons (Fsp3) is 0.450. The van der Waals surface area contributed by atoms with Crippen LogP contribution in [0.3, 0.4) is 0 Å². The second-order valence-electron chi connectivity index (χ2n) is 7.08. The first-order valence-electron chi connectivity index (χ1n) is 9.54. The number of carbonyl (C=O) groups excluding carboxylic acids is 1. The van der Waals surface area contributed by atoms with Gasteiger partial charge in [-0.3, -0.25) is 19.1 Å². The van der Waals surface area contributed by atoms with Crippen LogP contribution in [0.5, 0.6) is 0 Å². The van der Waals surface area contributed by atoms with Gasteiger partial charge in [0.15, 0.2) is 0 Å². The first-order chi connectivity index (χ1) is 13.5. The van der Waals surface area contributed by atoms with Gasteiger partial charge in [-0.05, 0) is 37.6 Å². The molecule has 1 fully saturated rings. The summed E-state index contributed by atoms with van der Waals surface area (Å²) in [6.45, 7) is 2.21. The summed E-state index contributed by atoms with van der Waals surface area (Å²) in [5, 5.41) is 3.52. The maximum Gasteiger partial charge on any atom is 0.328 e. The molecule has 2 heterocycles. The number of hydrogen-bond donors (Lipinski definition) is 2. The topological polar surface area (TPSA) is 87.2 Å². The van der Waals surface area contributed by atoms with Crippen LogP contribution in [0.15, 0.2) is 39.9 Å². The summed E-state index contributed by atoms with van der Waals surface area (Å²) in [5.41, 5.74) is -0.220. The number of rotatable bonds is 5. The molecule has 1 atom stereocenters. The quantitative estimate of drug-likeness (QED) is 0.798. The Balaban J connectivity index is 1.81. The van der Waals surface area contributed by atoms with Crippen molar-refractivity contribution in [3.05, 3.63) is 67.4 Å². The van der Waals surface area contributed by atoms with Gasteiger partial charge >= 0.3 is 5.69 Å². The molecule has 1 saturated heterocycles. The van der Waals surface area contributed by atoms with E-state index in [4.69, 9.17) is 11.6 Å². The third kappa shape index (κ3) is 4.72. The van der Waals surface area contributed by atoms with E-state index in [0.29, 0.717) is 11.6 Å². The third-order valence-corrected chi connectivity index (χ3v) is 5.54. The van der Waals surface area contributed by atoms with Gasteiger partial charge in [0.05, 0.1) is 6.04 Å². The van der Waals surface area contributed by atoms with Crippen LogP contribution in [0.1, 0.15) is 47.8 Å². The predicted octanol–water partition coefficient (Wildman–Crippen LogP) is 2.07. The minimum Gasteiger partial charge on any atom is -0.349 e. The summed E-state index contributed by atoms with van der Waals surface area (Å²) in [4.78, 5) is 40.9. The minimum atomic E-state index is -0.618. The number of likely N-dealkylation sites (tertiary alicyclic amines) is 1. The molecule has 2 N–H and O–H groups in total. The van der Waals surface area contributed by atoms with Gasteiger partial charge in [0, 0.05) is 24.7 Å². The zero-order valence-corrected chi connectivity index (χ0v) is 16.7. The van der Waals surface area contributed by atoms with Crippen molar-refractivity contribution < 1.29 is 4.79 Å². The predicted molar refractivity (Wildman–Crippen MR) is 109 cm³/mol. The second-order valence-corrected chi connectivity index (χ2v) is 7.49. The Labute approximate surface area is 168 Å². The first kappa shape index (κ1) is 20.4. The van der Waals surface area contributed by atoms with Gasteiger partial charge < -0.3 is 10.3 Å². The van der Waals surface area contributed by atoms with Crippen molar-refractivity contribution in [2.24, 2.45) is 7.05 Å². The highest BCUT2D eigenvalue weighted by molar-refractivity contribution is 6.31. The van der Waals surface area contributed by atoms with Gasteiger partial charge in [-0.1, -0.05) is 42.6 Å². The number of aromatic nitrogens is 2. The average Bonchev–Trinajstić information content (AvgIpc) is 2.96. The normalized spacial score (nSPS) is 16.4. The maximum atomic E-state index is 12.6.